The zero-order chi connectivity index (χ0) is 8.20. The van der Waals surface area contributed by atoms with Crippen molar-refractivity contribution >= 4 is 5.71 Å². The van der Waals surface area contributed by atoms with Crippen molar-refractivity contribution in [1.29, 1.82) is 0 Å². The van der Waals surface area contributed by atoms with E-state index in [1.54, 1.807) is 0 Å². The predicted molar refractivity (Wildman–Crippen MR) is 43.8 cm³/mol. The minimum atomic E-state index is 0.0863. The fourth-order valence-corrected chi connectivity index (χ4v) is 0.253. The smallest absolute Gasteiger partial charge is 0.114 e. The van der Waals surface area contributed by atoms with E-state index < -0.39 is 0 Å². The summed E-state index contributed by atoms with van der Waals surface area (Å²) in [5, 5.41) is 3.81. The van der Waals surface area contributed by atoms with Gasteiger partial charge in [-0.15, -0.1) is 0 Å². The molecule has 0 saturated carbocycles. The van der Waals surface area contributed by atoms with Crippen LogP contribution in [0.15, 0.2) is 18.0 Å². The molecule has 0 aliphatic carbocycles. The molecule has 0 saturated heterocycles. The molecule has 0 bridgehead atoms. The van der Waals surface area contributed by atoms with Gasteiger partial charge in [-0.1, -0.05) is 32.5 Å². The monoisotopic (exact) mass is 141 g/mol. The van der Waals surface area contributed by atoms with Crippen LogP contribution < -0.4 is 0 Å². The van der Waals surface area contributed by atoms with Gasteiger partial charge in [-0.05, 0) is 6.92 Å². The molecule has 0 fully saturated rings. The van der Waals surface area contributed by atoms with Crippen molar-refractivity contribution in [2.24, 2.45) is 10.6 Å². The summed E-state index contributed by atoms with van der Waals surface area (Å²) in [5.74, 6) is 0. The molecule has 2 heteroatoms. The molecule has 0 aliphatic heterocycles. The molecule has 0 amide bonds. The third-order valence-corrected chi connectivity index (χ3v) is 1.35. The first kappa shape index (κ1) is 9.21. The van der Waals surface area contributed by atoms with Crippen LogP contribution in [-0.4, -0.2) is 5.71 Å². The summed E-state index contributed by atoms with van der Waals surface area (Å²) in [4.78, 5) is 4.67. The maximum atomic E-state index is 4.67. The molecule has 0 spiro atoms. The zero-order valence-electron chi connectivity index (χ0n) is 7.14. The van der Waals surface area contributed by atoms with Gasteiger partial charge in [0.2, 0.25) is 0 Å². The lowest BCUT2D eigenvalue weighted by atomic mass is 9.91. The Bertz CT molecular complexity index is 142. The van der Waals surface area contributed by atoms with E-state index in [0.717, 1.165) is 5.71 Å². The molecular weight excluding hydrogens is 126 g/mol. The normalized spacial score (nSPS) is 13.0. The summed E-state index contributed by atoms with van der Waals surface area (Å²) in [6.45, 7) is 11.6. The molecule has 0 unspecified atom stereocenters. The van der Waals surface area contributed by atoms with Gasteiger partial charge < -0.3 is 4.84 Å². The number of nitrogens with zero attached hydrogens (tertiary/aromatic N) is 1. The van der Waals surface area contributed by atoms with Crippen molar-refractivity contribution in [3.63, 3.8) is 0 Å². The zero-order valence-corrected chi connectivity index (χ0v) is 7.14. The first-order valence-electron chi connectivity index (χ1n) is 3.30. The van der Waals surface area contributed by atoms with Crippen molar-refractivity contribution in [3.8, 4) is 0 Å². The minimum absolute atomic E-state index is 0.0863. The Morgan fingerprint density at radius 2 is 2.00 bits per heavy atom. The third-order valence-electron chi connectivity index (χ3n) is 1.35. The molecule has 58 valence electrons. The van der Waals surface area contributed by atoms with Crippen molar-refractivity contribution in [3.05, 3.63) is 12.8 Å². The Balaban J connectivity index is 4.05. The van der Waals surface area contributed by atoms with E-state index in [0.29, 0.717) is 0 Å². The fraction of sp³-hybridized carbons (Fsp3) is 0.625. The van der Waals surface area contributed by atoms with E-state index in [9.17, 15) is 0 Å². The molecule has 10 heavy (non-hydrogen) atoms. The molecule has 0 aromatic heterocycles. The highest BCUT2D eigenvalue weighted by atomic mass is 16.6. The molecule has 2 nitrogen and oxygen atoms in total. The molecule has 0 heterocycles. The van der Waals surface area contributed by atoms with Crippen molar-refractivity contribution < 1.29 is 4.84 Å². The highest BCUT2D eigenvalue weighted by Crippen LogP contribution is 2.15. The van der Waals surface area contributed by atoms with E-state index in [4.69, 9.17) is 0 Å². The van der Waals surface area contributed by atoms with Gasteiger partial charge in [-0.2, -0.15) is 0 Å². The Hall–Kier alpha value is -0.790. The van der Waals surface area contributed by atoms with Gasteiger partial charge in [0, 0.05) is 5.41 Å². The maximum absolute atomic E-state index is 4.67. The molecule has 0 rings (SSSR count). The van der Waals surface area contributed by atoms with E-state index in [1.807, 2.05) is 6.92 Å². The van der Waals surface area contributed by atoms with Crippen LogP contribution in [0.25, 0.3) is 0 Å². The lowest BCUT2D eigenvalue weighted by Crippen LogP contribution is -2.16. The third kappa shape index (κ3) is 3.28. The second-order valence-corrected chi connectivity index (χ2v) is 3.20. The topological polar surface area (TPSA) is 21.6 Å². The van der Waals surface area contributed by atoms with Crippen LogP contribution >= 0.6 is 0 Å². The number of hydrogen-bond donors (Lipinski definition) is 0. The number of oxime groups is 1. The SMILES string of the molecule is C=CO/N=C(\C)C(C)(C)C. The van der Waals surface area contributed by atoms with Crippen LogP contribution in [0.4, 0.5) is 0 Å². The second kappa shape index (κ2) is 3.40. The van der Waals surface area contributed by atoms with Gasteiger partial charge in [0.1, 0.15) is 6.26 Å². The standard InChI is InChI=1S/C8H15NO/c1-6-10-9-7(2)8(3,4)5/h6H,1H2,2-5H3/b9-7+. The lowest BCUT2D eigenvalue weighted by molar-refractivity contribution is 0.263. The highest BCUT2D eigenvalue weighted by Gasteiger charge is 2.14. The fourth-order valence-electron chi connectivity index (χ4n) is 0.253. The Morgan fingerprint density at radius 3 is 2.30 bits per heavy atom. The highest BCUT2D eigenvalue weighted by molar-refractivity contribution is 5.86. The van der Waals surface area contributed by atoms with Gasteiger partial charge >= 0.3 is 0 Å². The average Bonchev–Trinajstić information content (AvgIpc) is 1.80. The summed E-state index contributed by atoms with van der Waals surface area (Å²) < 4.78 is 0. The van der Waals surface area contributed by atoms with Crippen LogP contribution in [0.3, 0.4) is 0 Å². The van der Waals surface area contributed by atoms with Gasteiger partial charge in [-0.3, -0.25) is 0 Å². The first-order valence-corrected chi connectivity index (χ1v) is 3.30. The molecule has 0 radical (unpaired) electrons. The minimum Gasteiger partial charge on any atom is -0.366 e. The van der Waals surface area contributed by atoms with Crippen molar-refractivity contribution in [2.75, 3.05) is 0 Å². The Morgan fingerprint density at radius 1 is 1.50 bits per heavy atom. The van der Waals surface area contributed by atoms with Crippen molar-refractivity contribution in [2.45, 2.75) is 27.7 Å². The van der Waals surface area contributed by atoms with E-state index in [-0.39, 0.29) is 5.41 Å². The molecule has 0 atom stereocenters. The Labute approximate surface area is 62.6 Å². The first-order chi connectivity index (χ1) is 4.48. The van der Waals surface area contributed by atoms with Crippen LogP contribution in [0.2, 0.25) is 0 Å². The van der Waals surface area contributed by atoms with Crippen LogP contribution in [0.1, 0.15) is 27.7 Å². The molecule has 0 aromatic rings. The van der Waals surface area contributed by atoms with E-state index in [1.165, 1.54) is 6.26 Å². The molecule has 0 N–H and O–H groups in total. The summed E-state index contributed by atoms with van der Waals surface area (Å²) in [5.41, 5.74) is 1.05. The second-order valence-electron chi connectivity index (χ2n) is 3.20. The van der Waals surface area contributed by atoms with Crippen LogP contribution in [-0.2, 0) is 4.84 Å². The predicted octanol–water partition coefficient (Wildman–Crippen LogP) is 2.57. The van der Waals surface area contributed by atoms with Gasteiger partial charge in [0.05, 0.1) is 5.71 Å². The molecule has 0 aliphatic rings. The summed E-state index contributed by atoms with van der Waals surface area (Å²) in [7, 11) is 0. The number of hydrogen-bond acceptors (Lipinski definition) is 2. The summed E-state index contributed by atoms with van der Waals surface area (Å²) in [6, 6.07) is 0. The van der Waals surface area contributed by atoms with Crippen LogP contribution in [0, 0.1) is 5.41 Å². The largest absolute Gasteiger partial charge is 0.366 e. The van der Waals surface area contributed by atoms with Crippen LogP contribution in [0.5, 0.6) is 0 Å². The lowest BCUT2D eigenvalue weighted by Gasteiger charge is -2.16. The van der Waals surface area contributed by atoms with Gasteiger partial charge in [-0.25, -0.2) is 0 Å². The summed E-state index contributed by atoms with van der Waals surface area (Å²) >= 11 is 0. The Kier molecular flexibility index (Phi) is 3.13. The summed E-state index contributed by atoms with van der Waals surface area (Å²) in [6.07, 6.45) is 1.31. The average molecular weight is 141 g/mol. The molecular formula is C8H15NO. The van der Waals surface area contributed by atoms with Crippen molar-refractivity contribution in [1.82, 2.24) is 0 Å². The quantitative estimate of drug-likeness (QED) is 0.329. The van der Waals surface area contributed by atoms with E-state index in [2.05, 4.69) is 37.3 Å². The number of rotatable bonds is 2. The van der Waals surface area contributed by atoms with Gasteiger partial charge in [0.25, 0.3) is 0 Å². The maximum Gasteiger partial charge on any atom is 0.114 e. The van der Waals surface area contributed by atoms with E-state index >= 15 is 0 Å². The van der Waals surface area contributed by atoms with Gasteiger partial charge in [0.15, 0.2) is 0 Å². The molecule has 0 aromatic carbocycles.